The van der Waals surface area contributed by atoms with E-state index in [1.165, 1.54) is 12.0 Å². The number of anilines is 2. The smallest absolute Gasteiger partial charge is 0.312 e. The van der Waals surface area contributed by atoms with Crippen LogP contribution >= 0.6 is 0 Å². The SMILES string of the molecule is COc1cc(C(=O)N(C)c2ccc(C)cc2OCCCCNC(N)=O)ccc1NC(=O)c1ccccc1OCCCN. The van der Waals surface area contributed by atoms with E-state index in [4.69, 9.17) is 25.7 Å². The first kappa shape index (κ1) is 31.8. The molecule has 0 unspecified atom stereocenters. The van der Waals surface area contributed by atoms with Crippen LogP contribution < -0.4 is 41.2 Å². The summed E-state index contributed by atoms with van der Waals surface area (Å²) in [5, 5.41) is 5.40. The van der Waals surface area contributed by atoms with Gasteiger partial charge in [-0.2, -0.15) is 0 Å². The molecule has 0 heterocycles. The third-order valence-electron chi connectivity index (χ3n) is 6.34. The molecule has 0 aliphatic rings. The Kier molecular flexibility index (Phi) is 12.0. The summed E-state index contributed by atoms with van der Waals surface area (Å²) in [6.45, 7) is 3.70. The molecule has 3 rings (SSSR count). The highest BCUT2D eigenvalue weighted by Crippen LogP contribution is 2.32. The first-order chi connectivity index (χ1) is 20.2. The number of carbonyl (C=O) groups is 3. The lowest BCUT2D eigenvalue weighted by Crippen LogP contribution is -2.30. The number of para-hydroxylation sites is 1. The molecule has 0 saturated heterocycles. The second kappa shape index (κ2) is 15.9. The van der Waals surface area contributed by atoms with E-state index in [0.717, 1.165) is 5.56 Å². The van der Waals surface area contributed by atoms with Crippen molar-refractivity contribution in [3.05, 3.63) is 77.4 Å². The van der Waals surface area contributed by atoms with Crippen LogP contribution in [-0.4, -0.2) is 58.3 Å². The number of primary amides is 1. The zero-order valence-electron chi connectivity index (χ0n) is 24.3. The van der Waals surface area contributed by atoms with E-state index in [-0.39, 0.29) is 11.8 Å². The van der Waals surface area contributed by atoms with E-state index in [1.807, 2.05) is 25.1 Å². The Morgan fingerprint density at radius 2 is 1.62 bits per heavy atom. The van der Waals surface area contributed by atoms with Crippen LogP contribution in [0.1, 0.15) is 45.5 Å². The van der Waals surface area contributed by atoms with E-state index >= 15 is 0 Å². The van der Waals surface area contributed by atoms with Gasteiger partial charge in [-0.15, -0.1) is 0 Å². The van der Waals surface area contributed by atoms with Crippen molar-refractivity contribution in [3.63, 3.8) is 0 Å². The van der Waals surface area contributed by atoms with E-state index in [2.05, 4.69) is 10.6 Å². The van der Waals surface area contributed by atoms with Crippen molar-refractivity contribution in [1.82, 2.24) is 5.32 Å². The first-order valence-electron chi connectivity index (χ1n) is 13.7. The van der Waals surface area contributed by atoms with E-state index < -0.39 is 6.03 Å². The maximum atomic E-state index is 13.5. The fourth-order valence-electron chi connectivity index (χ4n) is 4.10. The minimum absolute atomic E-state index is 0.288. The van der Waals surface area contributed by atoms with Gasteiger partial charge in [0.15, 0.2) is 0 Å². The molecule has 0 aliphatic carbocycles. The molecular weight excluding hydrogens is 538 g/mol. The fourth-order valence-corrected chi connectivity index (χ4v) is 4.10. The summed E-state index contributed by atoms with van der Waals surface area (Å²) in [5.41, 5.74) is 13.4. The highest BCUT2D eigenvalue weighted by Gasteiger charge is 2.20. The lowest BCUT2D eigenvalue weighted by molar-refractivity contribution is 0.0990. The zero-order chi connectivity index (χ0) is 30.5. The first-order valence-corrected chi connectivity index (χ1v) is 13.7. The number of aryl methyl sites for hydroxylation is 1. The van der Waals surface area contributed by atoms with Gasteiger partial charge < -0.3 is 41.2 Å². The Hall–Kier alpha value is -4.77. The summed E-state index contributed by atoms with van der Waals surface area (Å²) in [4.78, 5) is 38.9. The minimum Gasteiger partial charge on any atom is -0.495 e. The van der Waals surface area contributed by atoms with Crippen LogP contribution in [0.15, 0.2) is 60.7 Å². The van der Waals surface area contributed by atoms with Gasteiger partial charge >= 0.3 is 6.03 Å². The van der Waals surface area contributed by atoms with Gasteiger partial charge in [-0.3, -0.25) is 9.59 Å². The molecule has 0 saturated carbocycles. The number of carbonyl (C=O) groups excluding carboxylic acids is 3. The molecule has 11 heteroatoms. The third-order valence-corrected chi connectivity index (χ3v) is 6.34. The summed E-state index contributed by atoms with van der Waals surface area (Å²) in [5.74, 6) is 0.684. The number of rotatable bonds is 15. The maximum Gasteiger partial charge on any atom is 0.312 e. The summed E-state index contributed by atoms with van der Waals surface area (Å²) < 4.78 is 17.2. The van der Waals surface area contributed by atoms with Gasteiger partial charge in [-0.25, -0.2) is 4.79 Å². The second-order valence-electron chi connectivity index (χ2n) is 9.54. The van der Waals surface area contributed by atoms with Gasteiger partial charge in [0.2, 0.25) is 0 Å². The maximum absolute atomic E-state index is 13.5. The van der Waals surface area contributed by atoms with Crippen molar-refractivity contribution in [2.75, 3.05) is 50.7 Å². The molecule has 11 nitrogen and oxygen atoms in total. The van der Waals surface area contributed by atoms with Crippen LogP contribution in [0.4, 0.5) is 16.2 Å². The van der Waals surface area contributed by atoms with Crippen molar-refractivity contribution in [3.8, 4) is 17.2 Å². The predicted molar refractivity (Wildman–Crippen MR) is 163 cm³/mol. The van der Waals surface area contributed by atoms with Gasteiger partial charge in [0, 0.05) is 19.2 Å². The van der Waals surface area contributed by atoms with Gasteiger partial charge in [-0.1, -0.05) is 18.2 Å². The molecule has 3 aromatic carbocycles. The molecule has 6 N–H and O–H groups in total. The van der Waals surface area contributed by atoms with Crippen LogP contribution in [-0.2, 0) is 0 Å². The number of urea groups is 1. The summed E-state index contributed by atoms with van der Waals surface area (Å²) >= 11 is 0. The Morgan fingerprint density at radius 1 is 0.881 bits per heavy atom. The van der Waals surface area contributed by atoms with Crippen LogP contribution in [0, 0.1) is 6.92 Å². The molecular formula is C31H39N5O6. The third kappa shape index (κ3) is 8.87. The number of hydrogen-bond donors (Lipinski definition) is 4. The van der Waals surface area contributed by atoms with E-state index in [1.54, 1.807) is 49.5 Å². The quantitative estimate of drug-likeness (QED) is 0.198. The molecule has 0 spiro atoms. The molecule has 0 fully saturated rings. The van der Waals surface area contributed by atoms with Crippen LogP contribution in [0.5, 0.6) is 17.2 Å². The molecule has 3 aromatic rings. The van der Waals surface area contributed by atoms with Crippen LogP contribution in [0.2, 0.25) is 0 Å². The summed E-state index contributed by atoms with van der Waals surface area (Å²) in [7, 11) is 3.14. The van der Waals surface area contributed by atoms with Crippen LogP contribution in [0.3, 0.4) is 0 Å². The lowest BCUT2D eigenvalue weighted by Gasteiger charge is -2.22. The van der Waals surface area contributed by atoms with E-state index in [0.29, 0.717) is 85.3 Å². The van der Waals surface area contributed by atoms with Gasteiger partial charge in [0.1, 0.15) is 17.2 Å². The normalized spacial score (nSPS) is 10.5. The Bertz CT molecular complexity index is 1380. The topological polar surface area (TPSA) is 158 Å². The Morgan fingerprint density at radius 3 is 2.36 bits per heavy atom. The predicted octanol–water partition coefficient (Wildman–Crippen LogP) is 4.09. The molecule has 0 radical (unpaired) electrons. The Balaban J connectivity index is 1.73. The van der Waals surface area contributed by atoms with E-state index in [9.17, 15) is 14.4 Å². The summed E-state index contributed by atoms with van der Waals surface area (Å²) in [6.07, 6.45) is 2.06. The number of methoxy groups -OCH3 is 1. The van der Waals surface area contributed by atoms with Gasteiger partial charge in [0.05, 0.1) is 37.3 Å². The molecule has 224 valence electrons. The lowest BCUT2D eigenvalue weighted by atomic mass is 10.1. The molecule has 0 atom stereocenters. The van der Waals surface area contributed by atoms with Gasteiger partial charge in [0.25, 0.3) is 11.8 Å². The average molecular weight is 578 g/mol. The number of nitrogens with zero attached hydrogens (tertiary/aromatic N) is 1. The Labute approximate surface area is 246 Å². The molecule has 0 bridgehead atoms. The molecule has 0 aromatic heterocycles. The van der Waals surface area contributed by atoms with Crippen molar-refractivity contribution >= 4 is 29.2 Å². The standard InChI is InChI=1S/C31H39N5O6/c1-21-11-14-25(28(19-21)42-17-7-6-16-34-31(33)39)36(2)30(38)22-12-13-24(27(20-22)40-3)35-29(37)23-9-4-5-10-26(23)41-18-8-15-32/h4-5,9-14,19-20H,6-8,15-18,32H2,1-3H3,(H,35,37)(H3,33,34,39). The number of benzene rings is 3. The van der Waals surface area contributed by atoms with Crippen molar-refractivity contribution in [1.29, 1.82) is 0 Å². The monoisotopic (exact) mass is 577 g/mol. The second-order valence-corrected chi connectivity index (χ2v) is 9.54. The molecule has 42 heavy (non-hydrogen) atoms. The number of nitrogens with one attached hydrogen (secondary N) is 2. The molecule has 0 aliphatic heterocycles. The fraction of sp³-hybridized carbons (Fsp3) is 0.323. The number of nitrogens with two attached hydrogens (primary N) is 2. The number of amides is 4. The van der Waals surface area contributed by atoms with Crippen molar-refractivity contribution in [2.24, 2.45) is 11.5 Å². The highest BCUT2D eigenvalue weighted by atomic mass is 16.5. The molecule has 4 amide bonds. The zero-order valence-corrected chi connectivity index (χ0v) is 24.3. The van der Waals surface area contributed by atoms with Crippen molar-refractivity contribution < 1.29 is 28.6 Å². The van der Waals surface area contributed by atoms with Crippen LogP contribution in [0.25, 0.3) is 0 Å². The number of unbranched alkanes of at least 4 members (excludes halogenated alkanes) is 1. The van der Waals surface area contributed by atoms with Gasteiger partial charge in [-0.05, 0) is 80.8 Å². The average Bonchev–Trinajstić information content (AvgIpc) is 2.98. The summed E-state index contributed by atoms with van der Waals surface area (Å²) in [6, 6.07) is 16.8. The largest absolute Gasteiger partial charge is 0.495 e. The van der Waals surface area contributed by atoms with Crippen molar-refractivity contribution in [2.45, 2.75) is 26.2 Å². The number of ether oxygens (including phenoxy) is 3. The number of hydrogen-bond acceptors (Lipinski definition) is 7. The minimum atomic E-state index is -0.557. The highest BCUT2D eigenvalue weighted by molar-refractivity contribution is 6.09.